The third-order valence-corrected chi connectivity index (χ3v) is 3.26. The standard InChI is InChI=1S/C10H15N3O4S/c1-5-6(2)18-10(11-5)13-9(17)12-7(3-4-14)8(15)16/h7,14H,3-4H2,1-2H3,(H,15,16)(H2,11,12,13,17)/t7-/m1/s1. The van der Waals surface area contributed by atoms with Crippen LogP contribution in [0.5, 0.6) is 0 Å². The predicted octanol–water partition coefficient (Wildman–Crippen LogP) is 0.717. The number of rotatable bonds is 5. The maximum atomic E-state index is 11.5. The first-order valence-corrected chi connectivity index (χ1v) is 6.11. The smallest absolute Gasteiger partial charge is 0.326 e. The number of amides is 2. The molecule has 0 saturated carbocycles. The lowest BCUT2D eigenvalue weighted by atomic mass is 10.2. The summed E-state index contributed by atoms with van der Waals surface area (Å²) in [5, 5.41) is 22.6. The minimum absolute atomic E-state index is 0.0430. The number of urea groups is 1. The van der Waals surface area contributed by atoms with E-state index in [9.17, 15) is 9.59 Å². The molecule has 0 aliphatic carbocycles. The van der Waals surface area contributed by atoms with Gasteiger partial charge in [-0.25, -0.2) is 14.6 Å². The third kappa shape index (κ3) is 3.97. The van der Waals surface area contributed by atoms with E-state index >= 15 is 0 Å². The first-order chi connectivity index (χ1) is 8.43. The van der Waals surface area contributed by atoms with Gasteiger partial charge in [0.05, 0.1) is 5.69 Å². The molecule has 1 atom stereocenters. The van der Waals surface area contributed by atoms with Crippen LogP contribution in [0.3, 0.4) is 0 Å². The summed E-state index contributed by atoms with van der Waals surface area (Å²) in [4.78, 5) is 27.4. The molecule has 0 aliphatic heterocycles. The Hall–Kier alpha value is -1.67. The molecule has 0 fully saturated rings. The summed E-state index contributed by atoms with van der Waals surface area (Å²) in [6, 6.07) is -1.76. The van der Waals surface area contributed by atoms with Crippen molar-refractivity contribution < 1.29 is 19.8 Å². The lowest BCUT2D eigenvalue weighted by molar-refractivity contribution is -0.139. The maximum Gasteiger partial charge on any atom is 0.326 e. The summed E-state index contributed by atoms with van der Waals surface area (Å²) in [7, 11) is 0. The minimum atomic E-state index is -1.19. The van der Waals surface area contributed by atoms with Crippen molar-refractivity contribution in [3.8, 4) is 0 Å². The lowest BCUT2D eigenvalue weighted by Crippen LogP contribution is -2.43. The maximum absolute atomic E-state index is 11.5. The molecule has 0 saturated heterocycles. The van der Waals surface area contributed by atoms with Gasteiger partial charge in [0.2, 0.25) is 0 Å². The predicted molar refractivity (Wildman–Crippen MR) is 66.9 cm³/mol. The van der Waals surface area contributed by atoms with Crippen LogP contribution in [0.2, 0.25) is 0 Å². The van der Waals surface area contributed by atoms with Gasteiger partial charge in [0, 0.05) is 17.9 Å². The molecular weight excluding hydrogens is 258 g/mol. The summed E-state index contributed by atoms with van der Waals surface area (Å²) in [6.07, 6.45) is -0.0430. The molecule has 0 bridgehead atoms. The van der Waals surface area contributed by atoms with Gasteiger partial charge in [-0.2, -0.15) is 0 Å². The molecule has 0 aromatic carbocycles. The number of aliphatic carboxylic acids is 1. The average Bonchev–Trinajstić information content (AvgIpc) is 2.57. The molecule has 4 N–H and O–H groups in total. The molecule has 8 heteroatoms. The molecule has 0 spiro atoms. The highest BCUT2D eigenvalue weighted by atomic mass is 32.1. The highest BCUT2D eigenvalue weighted by molar-refractivity contribution is 7.15. The second kappa shape index (κ2) is 6.31. The topological polar surface area (TPSA) is 112 Å². The van der Waals surface area contributed by atoms with Crippen LogP contribution in [0.15, 0.2) is 0 Å². The summed E-state index contributed by atoms with van der Waals surface area (Å²) >= 11 is 1.31. The molecular formula is C10H15N3O4S. The van der Waals surface area contributed by atoms with E-state index in [2.05, 4.69) is 15.6 Å². The third-order valence-electron chi connectivity index (χ3n) is 2.27. The fourth-order valence-corrected chi connectivity index (χ4v) is 2.01. The van der Waals surface area contributed by atoms with E-state index in [0.717, 1.165) is 10.6 Å². The first kappa shape index (κ1) is 14.4. The van der Waals surface area contributed by atoms with Gasteiger partial charge in [0.15, 0.2) is 5.13 Å². The zero-order valence-corrected chi connectivity index (χ0v) is 10.9. The van der Waals surface area contributed by atoms with Gasteiger partial charge in [-0.3, -0.25) is 5.32 Å². The number of carbonyl (C=O) groups excluding carboxylic acids is 1. The molecule has 1 rings (SSSR count). The van der Waals surface area contributed by atoms with Gasteiger partial charge in [0.25, 0.3) is 0 Å². The van der Waals surface area contributed by atoms with Crippen molar-refractivity contribution in [2.45, 2.75) is 26.3 Å². The van der Waals surface area contributed by atoms with E-state index in [4.69, 9.17) is 10.2 Å². The van der Waals surface area contributed by atoms with Crippen molar-refractivity contribution >= 4 is 28.5 Å². The number of aliphatic hydroxyl groups excluding tert-OH is 1. The van der Waals surface area contributed by atoms with E-state index in [1.54, 1.807) is 0 Å². The number of aryl methyl sites for hydroxylation is 2. The van der Waals surface area contributed by atoms with Crippen LogP contribution in [0, 0.1) is 13.8 Å². The molecule has 2 amide bonds. The quantitative estimate of drug-likeness (QED) is 0.631. The Bertz CT molecular complexity index is 427. The van der Waals surface area contributed by atoms with Gasteiger partial charge in [-0.05, 0) is 13.8 Å². The Morgan fingerprint density at radius 3 is 2.56 bits per heavy atom. The number of aromatic nitrogens is 1. The zero-order chi connectivity index (χ0) is 13.7. The normalized spacial score (nSPS) is 11.9. The number of thiazole rings is 1. The second-order valence-corrected chi connectivity index (χ2v) is 4.87. The molecule has 0 aliphatic rings. The number of hydrogen-bond donors (Lipinski definition) is 4. The van der Waals surface area contributed by atoms with Crippen LogP contribution in [0.25, 0.3) is 0 Å². The fraction of sp³-hybridized carbons (Fsp3) is 0.500. The summed E-state index contributed by atoms with van der Waals surface area (Å²) < 4.78 is 0. The van der Waals surface area contributed by atoms with Crippen molar-refractivity contribution in [1.29, 1.82) is 0 Å². The Kier molecular flexibility index (Phi) is 5.05. The minimum Gasteiger partial charge on any atom is -0.480 e. The molecule has 0 unspecified atom stereocenters. The fourth-order valence-electron chi connectivity index (χ4n) is 1.20. The van der Waals surface area contributed by atoms with E-state index < -0.39 is 18.0 Å². The number of carbonyl (C=O) groups is 2. The van der Waals surface area contributed by atoms with Crippen molar-refractivity contribution in [1.82, 2.24) is 10.3 Å². The molecule has 0 radical (unpaired) electrons. The molecule has 18 heavy (non-hydrogen) atoms. The van der Waals surface area contributed by atoms with Crippen molar-refractivity contribution in [2.75, 3.05) is 11.9 Å². The van der Waals surface area contributed by atoms with Crippen LogP contribution < -0.4 is 10.6 Å². The van der Waals surface area contributed by atoms with Gasteiger partial charge < -0.3 is 15.5 Å². The van der Waals surface area contributed by atoms with E-state index in [1.165, 1.54) is 11.3 Å². The van der Waals surface area contributed by atoms with Crippen LogP contribution in [-0.2, 0) is 4.79 Å². The van der Waals surface area contributed by atoms with Crippen LogP contribution >= 0.6 is 11.3 Å². The van der Waals surface area contributed by atoms with E-state index in [-0.39, 0.29) is 13.0 Å². The molecule has 1 heterocycles. The lowest BCUT2D eigenvalue weighted by Gasteiger charge is -2.12. The Labute approximate surface area is 108 Å². The number of anilines is 1. The molecule has 1 aromatic rings. The van der Waals surface area contributed by atoms with Gasteiger partial charge in [-0.15, -0.1) is 11.3 Å². The van der Waals surface area contributed by atoms with Crippen molar-refractivity contribution in [2.24, 2.45) is 0 Å². The van der Waals surface area contributed by atoms with Gasteiger partial charge in [-0.1, -0.05) is 0 Å². The van der Waals surface area contributed by atoms with E-state index in [1.807, 2.05) is 13.8 Å². The highest BCUT2D eigenvalue weighted by Gasteiger charge is 2.19. The average molecular weight is 273 g/mol. The van der Waals surface area contributed by atoms with Crippen LogP contribution in [0.4, 0.5) is 9.93 Å². The number of nitrogens with one attached hydrogen (secondary N) is 2. The number of hydrogen-bond acceptors (Lipinski definition) is 5. The Morgan fingerprint density at radius 2 is 2.11 bits per heavy atom. The second-order valence-electron chi connectivity index (χ2n) is 3.66. The first-order valence-electron chi connectivity index (χ1n) is 5.29. The summed E-state index contributed by atoms with van der Waals surface area (Å²) in [6.45, 7) is 3.38. The summed E-state index contributed by atoms with van der Waals surface area (Å²) in [5.74, 6) is -1.19. The van der Waals surface area contributed by atoms with Crippen molar-refractivity contribution in [3.63, 3.8) is 0 Å². The number of nitrogens with zero attached hydrogens (tertiary/aromatic N) is 1. The molecule has 1 aromatic heterocycles. The van der Waals surface area contributed by atoms with Gasteiger partial charge in [0.1, 0.15) is 6.04 Å². The largest absolute Gasteiger partial charge is 0.480 e. The monoisotopic (exact) mass is 273 g/mol. The number of carboxylic acid groups (broad SMARTS) is 1. The number of aliphatic hydroxyl groups is 1. The summed E-state index contributed by atoms with van der Waals surface area (Å²) in [5.41, 5.74) is 0.820. The van der Waals surface area contributed by atoms with Crippen molar-refractivity contribution in [3.05, 3.63) is 10.6 Å². The van der Waals surface area contributed by atoms with E-state index in [0.29, 0.717) is 5.13 Å². The Balaban J connectivity index is 2.57. The zero-order valence-electron chi connectivity index (χ0n) is 10.1. The van der Waals surface area contributed by atoms with Crippen LogP contribution in [-0.4, -0.2) is 39.8 Å². The molecule has 100 valence electrons. The Morgan fingerprint density at radius 1 is 1.44 bits per heavy atom. The highest BCUT2D eigenvalue weighted by Crippen LogP contribution is 2.20. The van der Waals surface area contributed by atoms with Gasteiger partial charge >= 0.3 is 12.0 Å². The van der Waals surface area contributed by atoms with Crippen LogP contribution in [0.1, 0.15) is 17.0 Å². The number of carboxylic acids is 1. The molecule has 7 nitrogen and oxygen atoms in total. The SMILES string of the molecule is Cc1nc(NC(=O)N[C@H](CCO)C(=O)O)sc1C.